The molecule has 0 spiro atoms. The molecule has 3 rings (SSSR count). The lowest BCUT2D eigenvalue weighted by Gasteiger charge is -2.40. The number of rotatable bonds is 5. The lowest BCUT2D eigenvalue weighted by Crippen LogP contribution is -2.47. The summed E-state index contributed by atoms with van der Waals surface area (Å²) in [5, 5.41) is 0. The Labute approximate surface area is 135 Å². The van der Waals surface area contributed by atoms with Crippen molar-refractivity contribution < 1.29 is 0 Å². The number of likely N-dealkylation sites (tertiary alicyclic amines) is 1. The van der Waals surface area contributed by atoms with E-state index in [1.54, 1.807) is 0 Å². The van der Waals surface area contributed by atoms with Gasteiger partial charge in [-0.1, -0.05) is 18.2 Å². The largest absolute Gasteiger partial charge is 0.303 e. The van der Waals surface area contributed by atoms with Crippen LogP contribution in [-0.2, 0) is 6.42 Å². The number of nitrogens with zero attached hydrogens (tertiary/aromatic N) is 3. The normalized spacial score (nSPS) is 24.0. The van der Waals surface area contributed by atoms with Gasteiger partial charge in [0, 0.05) is 36.9 Å². The van der Waals surface area contributed by atoms with E-state index in [1.165, 1.54) is 50.9 Å². The highest BCUT2D eigenvalue weighted by molar-refractivity contribution is 5.04. The van der Waals surface area contributed by atoms with Crippen molar-refractivity contribution in [3.63, 3.8) is 0 Å². The van der Waals surface area contributed by atoms with Gasteiger partial charge in [0.15, 0.2) is 0 Å². The van der Waals surface area contributed by atoms with E-state index in [0.29, 0.717) is 6.04 Å². The summed E-state index contributed by atoms with van der Waals surface area (Å²) in [6.07, 6.45) is 14.4. The lowest BCUT2D eigenvalue weighted by atomic mass is 9.96. The molecule has 1 saturated heterocycles. The Morgan fingerprint density at radius 3 is 2.77 bits per heavy atom. The lowest BCUT2D eigenvalue weighted by molar-refractivity contribution is 0.106. The molecule has 0 aromatic carbocycles. The van der Waals surface area contributed by atoms with Crippen LogP contribution in [0.25, 0.3) is 0 Å². The summed E-state index contributed by atoms with van der Waals surface area (Å²) in [6.45, 7) is 3.62. The Hall–Kier alpha value is -1.19. The first-order valence-electron chi connectivity index (χ1n) is 8.84. The fourth-order valence-corrected chi connectivity index (χ4v) is 3.77. The van der Waals surface area contributed by atoms with Crippen molar-refractivity contribution >= 4 is 0 Å². The van der Waals surface area contributed by atoms with Gasteiger partial charge in [-0.3, -0.25) is 9.88 Å². The molecule has 22 heavy (non-hydrogen) atoms. The first-order valence-corrected chi connectivity index (χ1v) is 8.84. The van der Waals surface area contributed by atoms with Crippen LogP contribution in [-0.4, -0.2) is 53.5 Å². The summed E-state index contributed by atoms with van der Waals surface area (Å²) >= 11 is 0. The molecule has 0 radical (unpaired) electrons. The SMILES string of the molecule is CN(C1CCN(CCc2ccccn2)CC1)[C@@H]1C=CCCC1. The summed E-state index contributed by atoms with van der Waals surface area (Å²) in [6, 6.07) is 7.65. The van der Waals surface area contributed by atoms with Gasteiger partial charge in [0.05, 0.1) is 0 Å². The summed E-state index contributed by atoms with van der Waals surface area (Å²) in [5.74, 6) is 0. The molecule has 0 bridgehead atoms. The number of piperidine rings is 1. The topological polar surface area (TPSA) is 19.4 Å². The Morgan fingerprint density at radius 2 is 2.09 bits per heavy atom. The van der Waals surface area contributed by atoms with E-state index < -0.39 is 0 Å². The Bertz CT molecular complexity index is 463. The van der Waals surface area contributed by atoms with Crippen molar-refractivity contribution in [3.8, 4) is 0 Å². The molecule has 120 valence electrons. The minimum atomic E-state index is 0.679. The van der Waals surface area contributed by atoms with Crippen molar-refractivity contribution in [3.05, 3.63) is 42.2 Å². The predicted molar refractivity (Wildman–Crippen MR) is 91.9 cm³/mol. The smallest absolute Gasteiger partial charge is 0.0416 e. The maximum Gasteiger partial charge on any atom is 0.0416 e. The summed E-state index contributed by atoms with van der Waals surface area (Å²) in [5.41, 5.74) is 1.22. The highest BCUT2D eigenvalue weighted by Crippen LogP contribution is 2.22. The van der Waals surface area contributed by atoms with Gasteiger partial charge in [-0.25, -0.2) is 0 Å². The molecule has 1 aromatic rings. The first kappa shape index (κ1) is 15.7. The van der Waals surface area contributed by atoms with E-state index >= 15 is 0 Å². The van der Waals surface area contributed by atoms with Gasteiger partial charge < -0.3 is 4.90 Å². The van der Waals surface area contributed by atoms with Crippen LogP contribution in [0.15, 0.2) is 36.5 Å². The van der Waals surface area contributed by atoms with Crippen molar-refractivity contribution in [1.29, 1.82) is 0 Å². The standard InChI is InChI=1S/C19H29N3/c1-21(18-8-3-2-4-9-18)19-11-15-22(16-12-19)14-10-17-7-5-6-13-20-17/h3,5-8,13,18-19H,2,4,9-12,14-16H2,1H3/t18-/m1/s1. The number of aromatic nitrogens is 1. The van der Waals surface area contributed by atoms with Crippen LogP contribution in [0.4, 0.5) is 0 Å². The Kier molecular flexibility index (Phi) is 5.63. The van der Waals surface area contributed by atoms with Gasteiger partial charge in [0.1, 0.15) is 0 Å². The molecule has 1 aliphatic carbocycles. The third-order valence-corrected chi connectivity index (χ3v) is 5.30. The van der Waals surface area contributed by atoms with Crippen LogP contribution in [0.2, 0.25) is 0 Å². The summed E-state index contributed by atoms with van der Waals surface area (Å²) in [4.78, 5) is 9.66. The van der Waals surface area contributed by atoms with E-state index in [2.05, 4.69) is 46.1 Å². The number of allylic oxidation sites excluding steroid dienone is 1. The maximum absolute atomic E-state index is 4.42. The summed E-state index contributed by atoms with van der Waals surface area (Å²) in [7, 11) is 2.33. The van der Waals surface area contributed by atoms with Crippen molar-refractivity contribution in [1.82, 2.24) is 14.8 Å². The zero-order valence-corrected chi connectivity index (χ0v) is 13.8. The summed E-state index contributed by atoms with van der Waals surface area (Å²) < 4.78 is 0. The van der Waals surface area contributed by atoms with Gasteiger partial charge in [0.2, 0.25) is 0 Å². The first-order chi connectivity index (χ1) is 10.8. The third-order valence-electron chi connectivity index (χ3n) is 5.30. The Morgan fingerprint density at radius 1 is 1.23 bits per heavy atom. The van der Waals surface area contributed by atoms with Crippen LogP contribution in [0.1, 0.15) is 37.8 Å². The van der Waals surface area contributed by atoms with Gasteiger partial charge in [-0.15, -0.1) is 0 Å². The molecule has 3 heteroatoms. The monoisotopic (exact) mass is 299 g/mol. The molecule has 1 atom stereocenters. The molecular weight excluding hydrogens is 270 g/mol. The van der Waals surface area contributed by atoms with Crippen LogP contribution < -0.4 is 0 Å². The van der Waals surface area contributed by atoms with Gasteiger partial charge in [-0.05, 0) is 64.4 Å². The van der Waals surface area contributed by atoms with Crippen LogP contribution in [0, 0.1) is 0 Å². The molecule has 1 aliphatic heterocycles. The van der Waals surface area contributed by atoms with Crippen molar-refractivity contribution in [2.75, 3.05) is 26.7 Å². The van der Waals surface area contributed by atoms with Crippen molar-refractivity contribution in [2.24, 2.45) is 0 Å². The van der Waals surface area contributed by atoms with E-state index in [9.17, 15) is 0 Å². The van der Waals surface area contributed by atoms with Gasteiger partial charge >= 0.3 is 0 Å². The second kappa shape index (κ2) is 7.89. The van der Waals surface area contributed by atoms with E-state index in [1.807, 2.05) is 12.3 Å². The molecule has 1 aromatic heterocycles. The number of hydrogen-bond donors (Lipinski definition) is 0. The van der Waals surface area contributed by atoms with Crippen LogP contribution in [0.3, 0.4) is 0 Å². The molecule has 2 heterocycles. The number of pyridine rings is 1. The quantitative estimate of drug-likeness (QED) is 0.779. The zero-order valence-electron chi connectivity index (χ0n) is 13.8. The maximum atomic E-state index is 4.42. The molecular formula is C19H29N3. The van der Waals surface area contributed by atoms with Crippen molar-refractivity contribution in [2.45, 2.75) is 50.6 Å². The minimum Gasteiger partial charge on any atom is -0.303 e. The second-order valence-electron chi connectivity index (χ2n) is 6.74. The Balaban J connectivity index is 1.42. The van der Waals surface area contributed by atoms with Gasteiger partial charge in [-0.2, -0.15) is 0 Å². The van der Waals surface area contributed by atoms with E-state index in [0.717, 1.165) is 19.0 Å². The molecule has 1 fully saturated rings. The highest BCUT2D eigenvalue weighted by Gasteiger charge is 2.26. The minimum absolute atomic E-state index is 0.679. The highest BCUT2D eigenvalue weighted by atomic mass is 15.2. The third kappa shape index (κ3) is 4.17. The fourth-order valence-electron chi connectivity index (χ4n) is 3.77. The molecule has 0 N–H and O–H groups in total. The van der Waals surface area contributed by atoms with E-state index in [-0.39, 0.29) is 0 Å². The van der Waals surface area contributed by atoms with Crippen LogP contribution >= 0.6 is 0 Å². The zero-order chi connectivity index (χ0) is 15.2. The van der Waals surface area contributed by atoms with E-state index in [4.69, 9.17) is 0 Å². The molecule has 2 aliphatic rings. The predicted octanol–water partition coefficient (Wildman–Crippen LogP) is 3.13. The average Bonchev–Trinajstić information content (AvgIpc) is 2.61. The van der Waals surface area contributed by atoms with Gasteiger partial charge in [0.25, 0.3) is 0 Å². The average molecular weight is 299 g/mol. The number of hydrogen-bond acceptors (Lipinski definition) is 3. The molecule has 0 saturated carbocycles. The number of likely N-dealkylation sites (N-methyl/N-ethyl adjacent to an activating group) is 1. The molecule has 0 amide bonds. The molecule has 0 unspecified atom stereocenters. The fraction of sp³-hybridized carbons (Fsp3) is 0.632. The second-order valence-corrected chi connectivity index (χ2v) is 6.74. The van der Waals surface area contributed by atoms with Crippen LogP contribution in [0.5, 0.6) is 0 Å². The molecule has 3 nitrogen and oxygen atoms in total.